The van der Waals surface area contributed by atoms with Gasteiger partial charge < -0.3 is 29.9 Å². The van der Waals surface area contributed by atoms with E-state index in [2.05, 4.69) is 10.2 Å². The number of piperidine rings is 1. The largest absolute Gasteiger partial charge is 0.391 e. The number of piperazine rings is 1. The Kier molecular flexibility index (Phi) is 6.01. The maximum atomic E-state index is 13.4. The van der Waals surface area contributed by atoms with Crippen molar-refractivity contribution < 1.29 is 23.8 Å². The predicted molar refractivity (Wildman–Crippen MR) is 120 cm³/mol. The maximum absolute atomic E-state index is 13.4. The Morgan fingerprint density at radius 3 is 2.82 bits per heavy atom. The maximum Gasteiger partial charge on any atom is 0.322 e. The average molecular weight is 481 g/mol. The van der Waals surface area contributed by atoms with Gasteiger partial charge in [-0.1, -0.05) is 11.6 Å². The van der Waals surface area contributed by atoms with Crippen LogP contribution in [0.15, 0.2) is 18.2 Å². The Hall–Kier alpha value is -1.94. The Balaban J connectivity index is 1.17. The van der Waals surface area contributed by atoms with Gasteiger partial charge in [0.15, 0.2) is 6.23 Å². The van der Waals surface area contributed by atoms with Gasteiger partial charge in [-0.05, 0) is 62.8 Å². The Morgan fingerprint density at radius 1 is 1.33 bits per heavy atom. The number of halogens is 2. The van der Waals surface area contributed by atoms with E-state index in [1.54, 1.807) is 11.8 Å². The lowest BCUT2D eigenvalue weighted by atomic mass is 9.90. The lowest BCUT2D eigenvalue weighted by molar-refractivity contribution is -0.150. The molecule has 4 fully saturated rings. The minimum atomic E-state index is -0.645. The molecule has 5 rings (SSSR count). The molecule has 0 aromatic heterocycles. The van der Waals surface area contributed by atoms with Crippen LogP contribution in [-0.2, 0) is 9.53 Å². The van der Waals surface area contributed by atoms with Crippen LogP contribution in [0.2, 0.25) is 5.02 Å². The molecule has 3 aliphatic heterocycles. The molecule has 4 atom stereocenters. The summed E-state index contributed by atoms with van der Waals surface area (Å²) < 4.78 is 19.3. The van der Waals surface area contributed by atoms with Crippen LogP contribution in [0.4, 0.5) is 14.9 Å². The number of anilines is 1. The first-order valence-corrected chi connectivity index (χ1v) is 12.0. The number of likely N-dealkylation sites (tertiary alicyclic amines) is 1. The number of carbonyl (C=O) groups excluding carboxylic acids is 2. The first-order valence-electron chi connectivity index (χ1n) is 11.6. The molecule has 1 aliphatic carbocycles. The molecule has 0 bridgehead atoms. The summed E-state index contributed by atoms with van der Waals surface area (Å²) in [4.78, 5) is 31.5. The molecule has 1 saturated carbocycles. The summed E-state index contributed by atoms with van der Waals surface area (Å²) in [6.45, 7) is 4.90. The van der Waals surface area contributed by atoms with Crippen molar-refractivity contribution in [3.8, 4) is 0 Å². The number of fused-ring (bicyclic) bond motifs is 1. The van der Waals surface area contributed by atoms with Gasteiger partial charge >= 0.3 is 6.03 Å². The van der Waals surface area contributed by atoms with Crippen LogP contribution in [0, 0.1) is 11.2 Å². The third-order valence-corrected chi connectivity index (χ3v) is 8.07. The van der Waals surface area contributed by atoms with Crippen LogP contribution in [0.25, 0.3) is 0 Å². The molecule has 4 aliphatic rings. The summed E-state index contributed by atoms with van der Waals surface area (Å²) in [5, 5.41) is 13.0. The van der Waals surface area contributed by atoms with E-state index in [9.17, 15) is 19.1 Å². The number of β-amino-alcohol motifs (C(OH)–C–C–N with tert-alkyl or cyclic N) is 1. The highest BCUT2D eigenvalue weighted by molar-refractivity contribution is 6.31. The second-order valence-corrected chi connectivity index (χ2v) is 10.2. The molecule has 1 spiro atoms. The van der Waals surface area contributed by atoms with Gasteiger partial charge in [0.25, 0.3) is 0 Å². The third-order valence-electron chi connectivity index (χ3n) is 7.78. The highest BCUT2D eigenvalue weighted by Crippen LogP contribution is 2.53. The molecular weight excluding hydrogens is 451 g/mol. The third kappa shape index (κ3) is 4.32. The van der Waals surface area contributed by atoms with E-state index in [-0.39, 0.29) is 35.0 Å². The van der Waals surface area contributed by atoms with Crippen molar-refractivity contribution in [3.05, 3.63) is 29.0 Å². The number of benzene rings is 1. The fourth-order valence-electron chi connectivity index (χ4n) is 5.36. The summed E-state index contributed by atoms with van der Waals surface area (Å²) in [7, 11) is 0. The van der Waals surface area contributed by atoms with Crippen LogP contribution in [0.1, 0.15) is 32.6 Å². The zero-order chi connectivity index (χ0) is 23.3. The van der Waals surface area contributed by atoms with E-state index in [1.165, 1.54) is 23.1 Å². The number of hydrogen-bond acceptors (Lipinski definition) is 5. The van der Waals surface area contributed by atoms with Gasteiger partial charge in [0, 0.05) is 18.8 Å². The summed E-state index contributed by atoms with van der Waals surface area (Å²) in [5.74, 6) is -0.708. The van der Waals surface area contributed by atoms with Crippen molar-refractivity contribution in [3.63, 3.8) is 0 Å². The zero-order valence-corrected chi connectivity index (χ0v) is 19.4. The summed E-state index contributed by atoms with van der Waals surface area (Å²) in [6, 6.07) is 2.80. The van der Waals surface area contributed by atoms with E-state index in [0.29, 0.717) is 18.8 Å². The molecule has 10 heteroatoms. The molecule has 0 radical (unpaired) electrons. The van der Waals surface area contributed by atoms with E-state index in [1.807, 2.05) is 0 Å². The zero-order valence-electron chi connectivity index (χ0n) is 18.7. The van der Waals surface area contributed by atoms with Gasteiger partial charge in [-0.2, -0.15) is 0 Å². The van der Waals surface area contributed by atoms with Crippen LogP contribution in [-0.4, -0.2) is 88.9 Å². The molecular formula is C23H30ClFN4O4. The Labute approximate surface area is 197 Å². The standard InChI is InChI=1S/C23H30ClFN4O4/c1-14-21(31)29-16(4-8-27-9-7-23(5-6-23)19(30)11-27)13-33-20(29)12-28(14)22(32)26-15-2-3-18(25)17(24)10-15/h2-3,10,14,16,19-20,30H,4-9,11-13H2,1H3,(H,26,32)/t14-,16-,19+,20+/m0/s1. The van der Waals surface area contributed by atoms with E-state index in [0.717, 1.165) is 38.8 Å². The van der Waals surface area contributed by atoms with Crippen LogP contribution < -0.4 is 5.32 Å². The lowest BCUT2D eigenvalue weighted by Crippen LogP contribution is -2.63. The molecule has 2 N–H and O–H groups in total. The quantitative estimate of drug-likeness (QED) is 0.691. The number of carbonyl (C=O) groups is 2. The number of ether oxygens (including phenoxy) is 1. The van der Waals surface area contributed by atoms with Crippen LogP contribution in [0.3, 0.4) is 0 Å². The van der Waals surface area contributed by atoms with Gasteiger partial charge in [0.2, 0.25) is 5.91 Å². The van der Waals surface area contributed by atoms with Gasteiger partial charge in [0.05, 0.1) is 30.3 Å². The number of amides is 3. The van der Waals surface area contributed by atoms with Crippen molar-refractivity contribution in [2.75, 3.05) is 38.1 Å². The lowest BCUT2D eigenvalue weighted by Gasteiger charge is -2.42. The van der Waals surface area contributed by atoms with Crippen molar-refractivity contribution in [2.24, 2.45) is 5.41 Å². The molecule has 8 nitrogen and oxygen atoms in total. The van der Waals surface area contributed by atoms with Crippen LogP contribution in [0.5, 0.6) is 0 Å². The SMILES string of the molecule is C[C@H]1C(=O)N2[C@@H](CCN3CCC4(CC4)[C@H](O)C3)CO[C@@H]2CN1C(=O)Nc1ccc(F)c(Cl)c1. The van der Waals surface area contributed by atoms with Gasteiger partial charge in [-0.15, -0.1) is 0 Å². The molecule has 3 saturated heterocycles. The first kappa shape index (κ1) is 22.8. The summed E-state index contributed by atoms with van der Waals surface area (Å²) in [6.07, 6.45) is 3.36. The van der Waals surface area contributed by atoms with Crippen molar-refractivity contribution in [2.45, 2.75) is 57.0 Å². The fraction of sp³-hybridized carbons (Fsp3) is 0.652. The van der Waals surface area contributed by atoms with Crippen molar-refractivity contribution in [1.82, 2.24) is 14.7 Å². The minimum Gasteiger partial charge on any atom is -0.391 e. The van der Waals surface area contributed by atoms with Crippen molar-refractivity contribution >= 4 is 29.2 Å². The highest BCUT2D eigenvalue weighted by atomic mass is 35.5. The Bertz CT molecular complexity index is 945. The molecule has 3 amide bonds. The van der Waals surface area contributed by atoms with Crippen molar-refractivity contribution in [1.29, 1.82) is 0 Å². The number of rotatable bonds is 4. The number of aliphatic hydroxyl groups is 1. The predicted octanol–water partition coefficient (Wildman–Crippen LogP) is 2.51. The number of aliphatic hydroxyl groups excluding tert-OH is 1. The summed E-state index contributed by atoms with van der Waals surface area (Å²) >= 11 is 5.80. The number of urea groups is 1. The molecule has 1 aromatic rings. The first-order chi connectivity index (χ1) is 15.8. The molecule has 180 valence electrons. The smallest absolute Gasteiger partial charge is 0.322 e. The molecule has 0 unspecified atom stereocenters. The van der Waals surface area contributed by atoms with Crippen LogP contribution >= 0.6 is 11.6 Å². The highest BCUT2D eigenvalue weighted by Gasteiger charge is 2.51. The molecule has 3 heterocycles. The molecule has 1 aromatic carbocycles. The second kappa shape index (κ2) is 8.69. The normalized spacial score (nSPS) is 31.1. The van der Waals surface area contributed by atoms with Gasteiger partial charge in [-0.25, -0.2) is 9.18 Å². The minimum absolute atomic E-state index is 0.0416. The van der Waals surface area contributed by atoms with E-state index < -0.39 is 24.1 Å². The fourth-order valence-corrected chi connectivity index (χ4v) is 5.54. The second-order valence-electron chi connectivity index (χ2n) is 9.79. The van der Waals surface area contributed by atoms with Gasteiger partial charge in [0.1, 0.15) is 11.9 Å². The average Bonchev–Trinajstić information content (AvgIpc) is 3.46. The summed E-state index contributed by atoms with van der Waals surface area (Å²) in [5.41, 5.74) is 0.537. The Morgan fingerprint density at radius 2 is 2.12 bits per heavy atom. The molecule has 33 heavy (non-hydrogen) atoms. The number of nitrogens with zero attached hydrogens (tertiary/aromatic N) is 3. The number of hydrogen-bond donors (Lipinski definition) is 2. The van der Waals surface area contributed by atoms with E-state index in [4.69, 9.17) is 16.3 Å². The number of nitrogens with one attached hydrogen (secondary N) is 1. The monoisotopic (exact) mass is 480 g/mol. The van der Waals surface area contributed by atoms with E-state index >= 15 is 0 Å². The van der Waals surface area contributed by atoms with Gasteiger partial charge in [-0.3, -0.25) is 4.79 Å². The topological polar surface area (TPSA) is 85.4 Å².